The topological polar surface area (TPSA) is 103 Å². The average molecular weight is 254 g/mol. The predicted octanol–water partition coefficient (Wildman–Crippen LogP) is 1.74. The standard InChI is InChI=1S/C12H10N6O/c1-7-16-11(10-6-15-18-12(10)17-7)14-5-9-3-2-8(4-13)19-9/h2-3,6H,5H2,1H3,(H2,14,15,16,17,18). The van der Waals surface area contributed by atoms with Crippen LogP contribution in [0, 0.1) is 18.3 Å². The molecule has 3 heterocycles. The molecule has 0 bridgehead atoms. The van der Waals surface area contributed by atoms with Crippen LogP contribution in [0.25, 0.3) is 11.0 Å². The molecule has 0 aliphatic rings. The number of fused-ring (bicyclic) bond motifs is 1. The number of H-pyrrole nitrogens is 1. The third-order valence-corrected chi connectivity index (χ3v) is 2.62. The zero-order valence-electron chi connectivity index (χ0n) is 10.1. The Morgan fingerprint density at radius 2 is 2.32 bits per heavy atom. The minimum atomic E-state index is 0.295. The molecule has 2 N–H and O–H groups in total. The van der Waals surface area contributed by atoms with Gasteiger partial charge in [-0.2, -0.15) is 10.4 Å². The van der Waals surface area contributed by atoms with Crippen LogP contribution in [0.1, 0.15) is 17.3 Å². The first-order chi connectivity index (χ1) is 9.26. The van der Waals surface area contributed by atoms with Gasteiger partial charge < -0.3 is 9.73 Å². The third kappa shape index (κ3) is 2.11. The van der Waals surface area contributed by atoms with E-state index in [1.807, 2.05) is 13.0 Å². The van der Waals surface area contributed by atoms with Gasteiger partial charge in [-0.1, -0.05) is 0 Å². The lowest BCUT2D eigenvalue weighted by Gasteiger charge is -2.05. The lowest BCUT2D eigenvalue weighted by molar-refractivity contribution is 0.506. The molecule has 7 heteroatoms. The molecule has 0 fully saturated rings. The van der Waals surface area contributed by atoms with Gasteiger partial charge in [0.1, 0.15) is 23.5 Å². The Morgan fingerprint density at radius 1 is 1.42 bits per heavy atom. The predicted molar refractivity (Wildman–Crippen MR) is 67.2 cm³/mol. The van der Waals surface area contributed by atoms with Crippen LogP contribution in [-0.4, -0.2) is 20.2 Å². The molecule has 0 radical (unpaired) electrons. The van der Waals surface area contributed by atoms with Crippen LogP contribution in [0.4, 0.5) is 5.82 Å². The van der Waals surface area contributed by atoms with E-state index in [9.17, 15) is 0 Å². The fraction of sp³-hybridized carbons (Fsp3) is 0.167. The molecule has 0 atom stereocenters. The van der Waals surface area contributed by atoms with Crippen LogP contribution < -0.4 is 5.32 Å². The summed E-state index contributed by atoms with van der Waals surface area (Å²) in [5.74, 6) is 2.30. The highest BCUT2D eigenvalue weighted by Crippen LogP contribution is 2.18. The Morgan fingerprint density at radius 3 is 3.11 bits per heavy atom. The van der Waals surface area contributed by atoms with Crippen molar-refractivity contribution < 1.29 is 4.42 Å². The molecular weight excluding hydrogens is 244 g/mol. The summed E-state index contributed by atoms with van der Waals surface area (Å²) in [6.45, 7) is 2.25. The zero-order valence-corrected chi connectivity index (χ0v) is 10.1. The van der Waals surface area contributed by atoms with E-state index in [0.29, 0.717) is 35.4 Å². The summed E-state index contributed by atoms with van der Waals surface area (Å²) in [6, 6.07) is 5.34. The average Bonchev–Trinajstić information content (AvgIpc) is 3.03. The molecule has 0 aliphatic heterocycles. The van der Waals surface area contributed by atoms with Crippen LogP contribution in [0.3, 0.4) is 0 Å². The quantitative estimate of drug-likeness (QED) is 0.737. The fourth-order valence-corrected chi connectivity index (χ4v) is 1.79. The van der Waals surface area contributed by atoms with Gasteiger partial charge >= 0.3 is 0 Å². The first-order valence-corrected chi connectivity index (χ1v) is 5.66. The number of nitriles is 1. The molecule has 94 valence electrons. The van der Waals surface area contributed by atoms with Crippen LogP contribution >= 0.6 is 0 Å². The van der Waals surface area contributed by atoms with E-state index in [2.05, 4.69) is 25.5 Å². The molecule has 0 saturated carbocycles. The van der Waals surface area contributed by atoms with Crippen molar-refractivity contribution in [2.75, 3.05) is 5.32 Å². The maximum absolute atomic E-state index is 8.69. The van der Waals surface area contributed by atoms with Crippen LogP contribution in [0.15, 0.2) is 22.7 Å². The van der Waals surface area contributed by atoms with Gasteiger partial charge in [0.05, 0.1) is 18.1 Å². The summed E-state index contributed by atoms with van der Waals surface area (Å²) in [4.78, 5) is 8.56. The summed E-state index contributed by atoms with van der Waals surface area (Å²) in [6.07, 6.45) is 1.67. The molecule has 3 aromatic rings. The monoisotopic (exact) mass is 254 g/mol. The second kappa shape index (κ2) is 4.42. The van der Waals surface area contributed by atoms with E-state index in [0.717, 1.165) is 5.39 Å². The van der Waals surface area contributed by atoms with Crippen molar-refractivity contribution in [3.05, 3.63) is 35.7 Å². The normalized spacial score (nSPS) is 10.5. The Bertz CT molecular complexity index is 766. The molecule has 0 aromatic carbocycles. The molecule has 0 spiro atoms. The van der Waals surface area contributed by atoms with Gasteiger partial charge in [-0.15, -0.1) is 0 Å². The second-order valence-electron chi connectivity index (χ2n) is 3.98. The van der Waals surface area contributed by atoms with Gasteiger partial charge in [0, 0.05) is 0 Å². The van der Waals surface area contributed by atoms with Crippen molar-refractivity contribution in [1.29, 1.82) is 5.26 Å². The number of hydrogen-bond acceptors (Lipinski definition) is 6. The van der Waals surface area contributed by atoms with Crippen molar-refractivity contribution in [1.82, 2.24) is 20.2 Å². The first kappa shape index (κ1) is 11.2. The zero-order chi connectivity index (χ0) is 13.2. The molecule has 3 rings (SSSR count). The molecule has 0 unspecified atom stereocenters. The molecule has 0 saturated heterocycles. The van der Waals surface area contributed by atoms with Crippen molar-refractivity contribution in [3.63, 3.8) is 0 Å². The van der Waals surface area contributed by atoms with Gasteiger partial charge in [-0.25, -0.2) is 9.97 Å². The lowest BCUT2D eigenvalue weighted by atomic mass is 10.3. The number of rotatable bonds is 3. The van der Waals surface area contributed by atoms with Crippen LogP contribution in [0.5, 0.6) is 0 Å². The van der Waals surface area contributed by atoms with Crippen LogP contribution in [-0.2, 0) is 6.54 Å². The number of hydrogen-bond donors (Lipinski definition) is 2. The Labute approximate surface area is 108 Å². The minimum absolute atomic E-state index is 0.295. The summed E-state index contributed by atoms with van der Waals surface area (Å²) >= 11 is 0. The van der Waals surface area contributed by atoms with Crippen molar-refractivity contribution in [2.24, 2.45) is 0 Å². The summed E-state index contributed by atoms with van der Waals surface area (Å²) < 4.78 is 5.29. The SMILES string of the molecule is Cc1nc(NCc2ccc(C#N)o2)c2cn[nH]c2n1. The molecule has 3 aromatic heterocycles. The molecule has 0 amide bonds. The molecular formula is C12H10N6O. The number of aryl methyl sites for hydroxylation is 1. The number of furan rings is 1. The minimum Gasteiger partial charge on any atom is -0.449 e. The number of nitrogens with one attached hydrogen (secondary N) is 2. The second-order valence-corrected chi connectivity index (χ2v) is 3.98. The van der Waals surface area contributed by atoms with Crippen molar-refractivity contribution in [3.8, 4) is 6.07 Å². The molecule has 0 aliphatic carbocycles. The number of aromatic amines is 1. The summed E-state index contributed by atoms with van der Waals surface area (Å²) in [5, 5.41) is 19.4. The Kier molecular flexibility index (Phi) is 2.61. The van der Waals surface area contributed by atoms with E-state index >= 15 is 0 Å². The summed E-state index contributed by atoms with van der Waals surface area (Å²) in [7, 11) is 0. The van der Waals surface area contributed by atoms with E-state index in [1.165, 1.54) is 0 Å². The van der Waals surface area contributed by atoms with Gasteiger partial charge in [0.2, 0.25) is 5.76 Å². The molecule has 7 nitrogen and oxygen atoms in total. The lowest BCUT2D eigenvalue weighted by Crippen LogP contribution is -2.03. The van der Waals surface area contributed by atoms with Gasteiger partial charge in [0.15, 0.2) is 5.65 Å². The fourth-order valence-electron chi connectivity index (χ4n) is 1.79. The maximum Gasteiger partial charge on any atom is 0.203 e. The van der Waals surface area contributed by atoms with Gasteiger partial charge in [-0.3, -0.25) is 5.10 Å². The highest BCUT2D eigenvalue weighted by molar-refractivity contribution is 5.85. The maximum atomic E-state index is 8.69. The van der Waals surface area contributed by atoms with E-state index in [-0.39, 0.29) is 0 Å². The van der Waals surface area contributed by atoms with E-state index in [4.69, 9.17) is 9.68 Å². The highest BCUT2D eigenvalue weighted by Gasteiger charge is 2.08. The van der Waals surface area contributed by atoms with E-state index in [1.54, 1.807) is 18.3 Å². The smallest absolute Gasteiger partial charge is 0.203 e. The summed E-state index contributed by atoms with van der Waals surface area (Å²) in [5.41, 5.74) is 0.687. The van der Waals surface area contributed by atoms with Crippen molar-refractivity contribution >= 4 is 16.9 Å². The Balaban J connectivity index is 1.85. The largest absolute Gasteiger partial charge is 0.449 e. The van der Waals surface area contributed by atoms with Crippen molar-refractivity contribution in [2.45, 2.75) is 13.5 Å². The van der Waals surface area contributed by atoms with E-state index < -0.39 is 0 Å². The van der Waals surface area contributed by atoms with Gasteiger partial charge in [0.25, 0.3) is 0 Å². The number of anilines is 1. The highest BCUT2D eigenvalue weighted by atomic mass is 16.3. The van der Waals surface area contributed by atoms with Crippen LogP contribution in [0.2, 0.25) is 0 Å². The third-order valence-electron chi connectivity index (χ3n) is 2.62. The molecule has 19 heavy (non-hydrogen) atoms. The van der Waals surface area contributed by atoms with Gasteiger partial charge in [-0.05, 0) is 19.1 Å². The number of nitrogens with zero attached hydrogens (tertiary/aromatic N) is 4. The Hall–Kier alpha value is -2.88. The first-order valence-electron chi connectivity index (χ1n) is 5.66. The number of aromatic nitrogens is 4.